The van der Waals surface area contributed by atoms with E-state index in [1.165, 1.54) is 5.56 Å². The molecule has 6 nitrogen and oxygen atoms in total. The monoisotopic (exact) mass is 329 g/mol. The van der Waals surface area contributed by atoms with Gasteiger partial charge in [-0.3, -0.25) is 9.69 Å². The molecule has 0 spiro atoms. The van der Waals surface area contributed by atoms with E-state index < -0.39 is 0 Å². The third-order valence-corrected chi connectivity index (χ3v) is 4.22. The molecular weight excluding hydrogens is 302 g/mol. The Hall–Kier alpha value is -2.21. The normalized spacial score (nSPS) is 12.6. The zero-order valence-electron chi connectivity index (χ0n) is 15.2. The fourth-order valence-corrected chi connectivity index (χ4v) is 2.68. The molecule has 0 saturated carbocycles. The molecule has 2 rings (SSSR count). The van der Waals surface area contributed by atoms with Gasteiger partial charge >= 0.3 is 0 Å². The van der Waals surface area contributed by atoms with Crippen molar-refractivity contribution in [3.8, 4) is 0 Å². The number of hydrogen-bond donors (Lipinski definition) is 1. The van der Waals surface area contributed by atoms with Gasteiger partial charge < -0.3 is 9.88 Å². The highest BCUT2D eigenvalue weighted by Gasteiger charge is 2.15. The predicted molar refractivity (Wildman–Crippen MR) is 94.5 cm³/mol. The molecular formula is C18H27N5O. The number of aryl methyl sites for hydroxylation is 1. The van der Waals surface area contributed by atoms with E-state index in [4.69, 9.17) is 0 Å². The minimum Gasteiger partial charge on any atom is -0.342 e. The quantitative estimate of drug-likeness (QED) is 0.848. The van der Waals surface area contributed by atoms with Crippen molar-refractivity contribution in [2.45, 2.75) is 46.3 Å². The topological polar surface area (TPSA) is 63.1 Å². The molecule has 0 aliphatic rings. The van der Waals surface area contributed by atoms with Gasteiger partial charge in [0.25, 0.3) is 5.91 Å². The Labute approximate surface area is 143 Å². The molecule has 0 radical (unpaired) electrons. The Balaban J connectivity index is 1.99. The van der Waals surface area contributed by atoms with Crippen molar-refractivity contribution >= 4 is 5.91 Å². The summed E-state index contributed by atoms with van der Waals surface area (Å²) >= 11 is 0. The lowest BCUT2D eigenvalue weighted by Crippen LogP contribution is -2.30. The minimum absolute atomic E-state index is 0.103. The maximum absolute atomic E-state index is 12.4. The van der Waals surface area contributed by atoms with Crippen LogP contribution in [0.3, 0.4) is 0 Å². The second kappa shape index (κ2) is 8.06. The van der Waals surface area contributed by atoms with E-state index in [0.717, 1.165) is 18.9 Å². The molecule has 1 amide bonds. The van der Waals surface area contributed by atoms with Crippen molar-refractivity contribution in [2.24, 2.45) is 7.05 Å². The van der Waals surface area contributed by atoms with Crippen LogP contribution in [-0.4, -0.2) is 38.2 Å². The summed E-state index contributed by atoms with van der Waals surface area (Å²) in [7, 11) is 1.86. The highest BCUT2D eigenvalue weighted by Crippen LogP contribution is 2.12. The summed E-state index contributed by atoms with van der Waals surface area (Å²) in [5, 5.41) is 10.8. The third-order valence-electron chi connectivity index (χ3n) is 4.22. The van der Waals surface area contributed by atoms with Crippen LogP contribution in [-0.2, 0) is 13.6 Å². The fourth-order valence-electron chi connectivity index (χ4n) is 2.68. The van der Waals surface area contributed by atoms with E-state index in [1.807, 2.05) is 38.2 Å². The molecule has 0 fully saturated rings. The summed E-state index contributed by atoms with van der Waals surface area (Å²) in [5.74, 6) is 0.628. The second-order valence-corrected chi connectivity index (χ2v) is 6.35. The molecule has 0 unspecified atom stereocenters. The van der Waals surface area contributed by atoms with Crippen molar-refractivity contribution in [3.05, 3.63) is 47.5 Å². The Morgan fingerprint density at radius 2 is 1.92 bits per heavy atom. The SMILES string of the molecule is CCN(Cc1ccc(C(=O)N[C@H](C)c2nncn2C)cc1)C(C)C. The lowest BCUT2D eigenvalue weighted by atomic mass is 10.1. The number of nitrogens with one attached hydrogen (secondary N) is 1. The van der Waals surface area contributed by atoms with Crippen LogP contribution in [0, 0.1) is 0 Å². The Morgan fingerprint density at radius 1 is 1.25 bits per heavy atom. The van der Waals surface area contributed by atoms with Gasteiger partial charge in [0.05, 0.1) is 6.04 Å². The van der Waals surface area contributed by atoms with Crippen LogP contribution < -0.4 is 5.32 Å². The van der Waals surface area contributed by atoms with Crippen molar-refractivity contribution in [2.75, 3.05) is 6.54 Å². The maximum atomic E-state index is 12.4. The van der Waals surface area contributed by atoms with Gasteiger partial charge in [-0.25, -0.2) is 0 Å². The predicted octanol–water partition coefficient (Wildman–Crippen LogP) is 2.54. The van der Waals surface area contributed by atoms with Crippen molar-refractivity contribution in [1.29, 1.82) is 0 Å². The smallest absolute Gasteiger partial charge is 0.251 e. The minimum atomic E-state index is -0.193. The van der Waals surface area contributed by atoms with Gasteiger partial charge in [0.2, 0.25) is 0 Å². The van der Waals surface area contributed by atoms with E-state index in [-0.39, 0.29) is 11.9 Å². The third kappa shape index (κ3) is 4.41. The van der Waals surface area contributed by atoms with Crippen LogP contribution in [0.1, 0.15) is 55.5 Å². The summed E-state index contributed by atoms with van der Waals surface area (Å²) in [4.78, 5) is 14.8. The van der Waals surface area contributed by atoms with Gasteiger partial charge in [-0.1, -0.05) is 19.1 Å². The first-order valence-corrected chi connectivity index (χ1v) is 8.40. The van der Waals surface area contributed by atoms with Crippen molar-refractivity contribution in [3.63, 3.8) is 0 Å². The molecule has 1 heterocycles. The Morgan fingerprint density at radius 3 is 2.42 bits per heavy atom. The van der Waals surface area contributed by atoms with Gasteiger partial charge in [0.15, 0.2) is 5.82 Å². The van der Waals surface area contributed by atoms with Crippen LogP contribution in [0.4, 0.5) is 0 Å². The first-order valence-electron chi connectivity index (χ1n) is 8.40. The van der Waals surface area contributed by atoms with Crippen molar-refractivity contribution < 1.29 is 4.79 Å². The molecule has 6 heteroatoms. The number of carbonyl (C=O) groups excluding carboxylic acids is 1. The average molecular weight is 329 g/mol. The van der Waals surface area contributed by atoms with E-state index in [1.54, 1.807) is 10.9 Å². The van der Waals surface area contributed by atoms with E-state index >= 15 is 0 Å². The van der Waals surface area contributed by atoms with Crippen LogP contribution in [0.15, 0.2) is 30.6 Å². The first kappa shape index (κ1) is 18.1. The number of benzene rings is 1. The lowest BCUT2D eigenvalue weighted by Gasteiger charge is -2.24. The molecule has 0 saturated heterocycles. The van der Waals surface area contributed by atoms with Gasteiger partial charge in [0, 0.05) is 25.2 Å². The second-order valence-electron chi connectivity index (χ2n) is 6.35. The largest absolute Gasteiger partial charge is 0.342 e. The number of rotatable bonds is 7. The lowest BCUT2D eigenvalue weighted by molar-refractivity contribution is 0.0937. The van der Waals surface area contributed by atoms with Gasteiger partial charge in [-0.15, -0.1) is 10.2 Å². The zero-order valence-corrected chi connectivity index (χ0v) is 15.2. The molecule has 1 atom stereocenters. The Bertz CT molecular complexity index is 662. The van der Waals surface area contributed by atoms with E-state index in [0.29, 0.717) is 11.6 Å². The fraction of sp³-hybridized carbons (Fsp3) is 0.500. The number of amides is 1. The summed E-state index contributed by atoms with van der Waals surface area (Å²) in [6, 6.07) is 8.11. The van der Waals surface area contributed by atoms with E-state index in [9.17, 15) is 4.79 Å². The summed E-state index contributed by atoms with van der Waals surface area (Å²) in [6.45, 7) is 10.4. The summed E-state index contributed by atoms with van der Waals surface area (Å²) < 4.78 is 1.80. The number of hydrogen-bond acceptors (Lipinski definition) is 4. The highest BCUT2D eigenvalue weighted by atomic mass is 16.1. The highest BCUT2D eigenvalue weighted by molar-refractivity contribution is 5.94. The van der Waals surface area contributed by atoms with Crippen LogP contribution in [0.25, 0.3) is 0 Å². The number of nitrogens with zero attached hydrogens (tertiary/aromatic N) is 4. The standard InChI is InChI=1S/C18H27N5O/c1-6-23(13(2)3)11-15-7-9-16(10-8-15)18(24)20-14(4)17-21-19-12-22(17)5/h7-10,12-14H,6,11H2,1-5H3,(H,20,24)/t14-/m1/s1. The summed E-state index contributed by atoms with van der Waals surface area (Å²) in [6.07, 6.45) is 1.63. The molecule has 1 aromatic heterocycles. The molecule has 24 heavy (non-hydrogen) atoms. The molecule has 1 aromatic carbocycles. The van der Waals surface area contributed by atoms with Crippen molar-refractivity contribution in [1.82, 2.24) is 25.0 Å². The average Bonchev–Trinajstić information content (AvgIpc) is 2.99. The number of aromatic nitrogens is 3. The Kier molecular flexibility index (Phi) is 6.09. The molecule has 0 aliphatic carbocycles. The maximum Gasteiger partial charge on any atom is 0.251 e. The van der Waals surface area contributed by atoms with Gasteiger partial charge in [-0.05, 0) is 45.0 Å². The molecule has 1 N–H and O–H groups in total. The molecule has 2 aromatic rings. The molecule has 130 valence electrons. The first-order chi connectivity index (χ1) is 11.4. The molecule has 0 bridgehead atoms. The van der Waals surface area contributed by atoms with E-state index in [2.05, 4.69) is 41.2 Å². The summed E-state index contributed by atoms with van der Waals surface area (Å²) in [5.41, 5.74) is 1.86. The van der Waals surface area contributed by atoms with Crippen LogP contribution in [0.5, 0.6) is 0 Å². The zero-order chi connectivity index (χ0) is 17.7. The number of carbonyl (C=O) groups is 1. The molecule has 0 aliphatic heterocycles. The van der Waals surface area contributed by atoms with Gasteiger partial charge in [0.1, 0.15) is 6.33 Å². The van der Waals surface area contributed by atoms with Gasteiger partial charge in [-0.2, -0.15) is 0 Å². The van der Waals surface area contributed by atoms with Crippen LogP contribution in [0.2, 0.25) is 0 Å². The van der Waals surface area contributed by atoms with Crippen LogP contribution >= 0.6 is 0 Å².